The Bertz CT molecular complexity index is 1160. The van der Waals surface area contributed by atoms with Gasteiger partial charge in [-0.15, -0.1) is 0 Å². The molecule has 0 bridgehead atoms. The molecular weight excluding hydrogens is 536 g/mol. The van der Waals surface area contributed by atoms with E-state index >= 15 is 0 Å². The van der Waals surface area contributed by atoms with Gasteiger partial charge in [0.15, 0.2) is 11.5 Å². The van der Waals surface area contributed by atoms with E-state index in [1.165, 1.54) is 18.7 Å². The minimum absolute atomic E-state index is 0.0115. The highest BCUT2D eigenvalue weighted by Crippen LogP contribution is 2.32. The van der Waals surface area contributed by atoms with Crippen molar-refractivity contribution in [2.45, 2.75) is 58.8 Å². The summed E-state index contributed by atoms with van der Waals surface area (Å²) in [6.45, 7) is 9.35. The molecule has 0 atom stereocenters. The molecule has 0 aliphatic heterocycles. The Hall–Kier alpha value is -3.31. The van der Waals surface area contributed by atoms with E-state index in [-0.39, 0.29) is 23.2 Å². The summed E-state index contributed by atoms with van der Waals surface area (Å²) in [5, 5.41) is 12.1. The highest BCUT2D eigenvalue weighted by Gasteiger charge is 2.16. The zero-order valence-electron chi connectivity index (χ0n) is 22.2. The molecule has 2 rings (SSSR count). The number of nitrogens with one attached hydrogen (secondary N) is 1. The van der Waals surface area contributed by atoms with E-state index in [1.807, 2.05) is 31.2 Å². The lowest BCUT2D eigenvalue weighted by Crippen LogP contribution is -2.25. The SMILES string of the molecule is CCCCNC(=O)/C(C#N)=C/c1ccc(OC(=O)CCCOc2ccc(C(C)(C)C)cc2Br)c(OC)c1. The van der Waals surface area contributed by atoms with Gasteiger partial charge in [-0.05, 0) is 75.7 Å². The van der Waals surface area contributed by atoms with Crippen LogP contribution in [0.3, 0.4) is 0 Å². The maximum Gasteiger partial charge on any atom is 0.311 e. The number of ether oxygens (including phenoxy) is 3. The quantitative estimate of drug-likeness (QED) is 0.105. The van der Waals surface area contributed by atoms with Crippen molar-refractivity contribution >= 4 is 33.9 Å². The third-order valence-electron chi connectivity index (χ3n) is 5.48. The minimum Gasteiger partial charge on any atom is -0.493 e. The van der Waals surface area contributed by atoms with Crippen molar-refractivity contribution in [2.75, 3.05) is 20.3 Å². The van der Waals surface area contributed by atoms with Crippen LogP contribution >= 0.6 is 15.9 Å². The highest BCUT2D eigenvalue weighted by atomic mass is 79.9. The van der Waals surface area contributed by atoms with E-state index in [4.69, 9.17) is 14.2 Å². The molecule has 0 unspecified atom stereocenters. The van der Waals surface area contributed by atoms with E-state index in [9.17, 15) is 14.9 Å². The Labute approximate surface area is 227 Å². The van der Waals surface area contributed by atoms with Gasteiger partial charge in [0.05, 0.1) is 18.2 Å². The molecule has 37 heavy (non-hydrogen) atoms. The molecule has 0 aromatic heterocycles. The van der Waals surface area contributed by atoms with Crippen molar-refractivity contribution in [3.63, 3.8) is 0 Å². The van der Waals surface area contributed by atoms with Crippen LogP contribution in [0.1, 0.15) is 64.5 Å². The molecule has 0 spiro atoms. The highest BCUT2D eigenvalue weighted by molar-refractivity contribution is 9.10. The normalized spacial score (nSPS) is 11.4. The van der Waals surface area contributed by atoms with E-state index in [0.29, 0.717) is 30.9 Å². The second-order valence-electron chi connectivity index (χ2n) is 9.51. The lowest BCUT2D eigenvalue weighted by Gasteiger charge is -2.20. The maximum absolute atomic E-state index is 12.4. The van der Waals surface area contributed by atoms with E-state index in [2.05, 4.69) is 42.0 Å². The lowest BCUT2D eigenvalue weighted by molar-refractivity contribution is -0.134. The standard InChI is InChI=1S/C29H35BrN2O5/c1-6-7-14-32-28(34)21(19-31)16-20-10-12-25(26(17-20)35-5)37-27(33)9-8-15-36-24-13-11-22(18-23(24)30)29(2,3)4/h10-13,16-18H,6-9,14-15H2,1-5H3,(H,32,34)/b21-16+. The Balaban J connectivity index is 1.93. The predicted molar refractivity (Wildman–Crippen MR) is 148 cm³/mol. The van der Waals surface area contributed by atoms with Crippen molar-refractivity contribution in [1.82, 2.24) is 5.32 Å². The first-order valence-electron chi connectivity index (χ1n) is 12.3. The summed E-state index contributed by atoms with van der Waals surface area (Å²) < 4.78 is 17.5. The number of methoxy groups -OCH3 is 1. The Morgan fingerprint density at radius 1 is 1.08 bits per heavy atom. The van der Waals surface area contributed by atoms with Gasteiger partial charge in [-0.25, -0.2) is 0 Å². The first-order valence-corrected chi connectivity index (χ1v) is 13.1. The smallest absolute Gasteiger partial charge is 0.311 e. The molecule has 0 radical (unpaired) electrons. The topological polar surface area (TPSA) is 97.7 Å². The van der Waals surface area contributed by atoms with Crippen LogP contribution in [0.2, 0.25) is 0 Å². The van der Waals surface area contributed by atoms with Gasteiger partial charge in [0.2, 0.25) is 0 Å². The average Bonchev–Trinajstić information content (AvgIpc) is 2.86. The Kier molecular flexibility index (Phi) is 11.7. The number of rotatable bonds is 12. The summed E-state index contributed by atoms with van der Waals surface area (Å²) in [7, 11) is 1.46. The summed E-state index contributed by atoms with van der Waals surface area (Å²) in [5.74, 6) is 0.467. The van der Waals surface area contributed by atoms with Crippen molar-refractivity contribution in [3.05, 3.63) is 57.6 Å². The van der Waals surface area contributed by atoms with Crippen LogP contribution in [0.5, 0.6) is 17.2 Å². The van der Waals surface area contributed by atoms with Crippen molar-refractivity contribution in [3.8, 4) is 23.3 Å². The fourth-order valence-corrected chi connectivity index (χ4v) is 3.80. The van der Waals surface area contributed by atoms with Gasteiger partial charge in [0.25, 0.3) is 5.91 Å². The molecule has 2 aromatic rings. The van der Waals surface area contributed by atoms with Crippen LogP contribution in [0.25, 0.3) is 6.08 Å². The van der Waals surface area contributed by atoms with Crippen LogP contribution in [0.4, 0.5) is 0 Å². The van der Waals surface area contributed by atoms with Crippen LogP contribution in [-0.2, 0) is 15.0 Å². The molecule has 0 saturated heterocycles. The molecule has 198 valence electrons. The number of hydrogen-bond donors (Lipinski definition) is 1. The van der Waals surface area contributed by atoms with Gasteiger partial charge in [-0.2, -0.15) is 5.26 Å². The lowest BCUT2D eigenvalue weighted by atomic mass is 9.87. The first-order chi connectivity index (χ1) is 17.6. The molecule has 2 aromatic carbocycles. The fourth-order valence-electron chi connectivity index (χ4n) is 3.30. The molecule has 0 fully saturated rings. The summed E-state index contributed by atoms with van der Waals surface area (Å²) in [4.78, 5) is 24.6. The third-order valence-corrected chi connectivity index (χ3v) is 6.10. The maximum atomic E-state index is 12.4. The van der Waals surface area contributed by atoms with Gasteiger partial charge in [-0.3, -0.25) is 9.59 Å². The molecule has 0 aliphatic rings. The summed E-state index contributed by atoms with van der Waals surface area (Å²) in [6.07, 6.45) is 3.90. The van der Waals surface area contributed by atoms with Crippen molar-refractivity contribution in [2.24, 2.45) is 0 Å². The molecule has 8 heteroatoms. The molecule has 0 saturated carbocycles. The van der Waals surface area contributed by atoms with Crippen LogP contribution in [0.15, 0.2) is 46.4 Å². The molecule has 1 amide bonds. The average molecular weight is 572 g/mol. The Morgan fingerprint density at radius 2 is 1.81 bits per heavy atom. The number of esters is 1. The van der Waals surface area contributed by atoms with E-state index in [0.717, 1.165) is 23.1 Å². The molecule has 1 N–H and O–H groups in total. The molecule has 0 heterocycles. The monoisotopic (exact) mass is 570 g/mol. The van der Waals surface area contributed by atoms with Gasteiger partial charge < -0.3 is 19.5 Å². The summed E-state index contributed by atoms with van der Waals surface area (Å²) >= 11 is 3.55. The number of halogens is 1. The number of nitrogens with zero attached hydrogens (tertiary/aromatic N) is 1. The summed E-state index contributed by atoms with van der Waals surface area (Å²) in [6, 6.07) is 12.8. The van der Waals surface area contributed by atoms with Gasteiger partial charge in [-0.1, -0.05) is 46.2 Å². The van der Waals surface area contributed by atoms with Gasteiger partial charge in [0.1, 0.15) is 17.4 Å². The molecule has 7 nitrogen and oxygen atoms in total. The second kappa shape index (κ2) is 14.4. The van der Waals surface area contributed by atoms with E-state index in [1.54, 1.807) is 18.2 Å². The van der Waals surface area contributed by atoms with Gasteiger partial charge in [0, 0.05) is 13.0 Å². The number of amides is 1. The van der Waals surface area contributed by atoms with E-state index < -0.39 is 11.9 Å². The number of benzene rings is 2. The Morgan fingerprint density at radius 3 is 2.43 bits per heavy atom. The molecular formula is C29H35BrN2O5. The zero-order chi connectivity index (χ0) is 27.4. The predicted octanol–water partition coefficient (Wildman–Crippen LogP) is 6.34. The number of unbranched alkanes of at least 4 members (excludes halogenated alkanes) is 1. The summed E-state index contributed by atoms with van der Waals surface area (Å²) in [5.41, 5.74) is 1.81. The first kappa shape index (κ1) is 29.9. The van der Waals surface area contributed by atoms with Crippen molar-refractivity contribution in [1.29, 1.82) is 5.26 Å². The molecule has 0 aliphatic carbocycles. The number of carbonyl (C=O) groups is 2. The second-order valence-corrected chi connectivity index (χ2v) is 10.4. The van der Waals surface area contributed by atoms with Crippen LogP contribution in [-0.4, -0.2) is 32.1 Å². The van der Waals surface area contributed by atoms with Gasteiger partial charge >= 0.3 is 5.97 Å². The zero-order valence-corrected chi connectivity index (χ0v) is 23.7. The van der Waals surface area contributed by atoms with Crippen LogP contribution < -0.4 is 19.5 Å². The number of hydrogen-bond acceptors (Lipinski definition) is 6. The largest absolute Gasteiger partial charge is 0.493 e. The third kappa shape index (κ3) is 9.58. The minimum atomic E-state index is -0.426. The fraction of sp³-hybridized carbons (Fsp3) is 0.414. The van der Waals surface area contributed by atoms with Crippen molar-refractivity contribution < 1.29 is 23.8 Å². The number of carbonyl (C=O) groups excluding carboxylic acids is 2. The van der Waals surface area contributed by atoms with Crippen LogP contribution in [0, 0.1) is 11.3 Å². The number of nitriles is 1.